The van der Waals surface area contributed by atoms with Crippen molar-refractivity contribution in [2.24, 2.45) is 16.0 Å². The predicted octanol–water partition coefficient (Wildman–Crippen LogP) is 5.04. The van der Waals surface area contributed by atoms with E-state index in [1.165, 1.54) is 16.8 Å². The van der Waals surface area contributed by atoms with E-state index in [0.29, 0.717) is 21.7 Å². The first-order chi connectivity index (χ1) is 15.7. The van der Waals surface area contributed by atoms with Crippen molar-refractivity contribution in [3.8, 4) is 17.2 Å². The van der Waals surface area contributed by atoms with Crippen LogP contribution in [0.15, 0.2) is 33.9 Å². The van der Waals surface area contributed by atoms with Gasteiger partial charge in [-0.2, -0.15) is 15.1 Å². The number of hydrogen-bond acceptors (Lipinski definition) is 6. The van der Waals surface area contributed by atoms with Crippen LogP contribution in [0.3, 0.4) is 0 Å². The zero-order valence-corrected chi connectivity index (χ0v) is 20.8. The topological polar surface area (TPSA) is 92.3 Å². The SMILES string of the molecule is COc1cc(OC)c(-n2c(C)cc(C=C3C(=N)N4N=C(C(C)C)SC4=NC3=O)c2C)cc1Cl. The number of methoxy groups -OCH3 is 2. The Labute approximate surface area is 201 Å². The summed E-state index contributed by atoms with van der Waals surface area (Å²) in [7, 11) is 3.13. The standard InChI is InChI=1S/C23H24ClN5O3S/c1-11(2)22-27-29-20(25)15(21(30)26-23(29)33-22)8-14-7-12(3)28(13(14)4)17-9-16(24)18(31-5)10-19(17)32-6/h7-11,25H,1-6H3. The first-order valence-electron chi connectivity index (χ1n) is 10.3. The fraction of sp³-hybridized carbons (Fsp3) is 0.304. The second-order valence-corrected chi connectivity index (χ2v) is 9.33. The number of thioether (sulfide) groups is 1. The molecule has 1 amide bonds. The molecule has 1 aromatic carbocycles. The number of hydrazone groups is 1. The maximum absolute atomic E-state index is 12.8. The highest BCUT2D eigenvalue weighted by molar-refractivity contribution is 8.27. The van der Waals surface area contributed by atoms with Crippen molar-refractivity contribution >= 4 is 51.4 Å². The largest absolute Gasteiger partial charge is 0.495 e. The van der Waals surface area contributed by atoms with Gasteiger partial charge in [-0.05, 0) is 49.4 Å². The van der Waals surface area contributed by atoms with E-state index in [1.807, 2.05) is 38.3 Å². The molecule has 2 aliphatic heterocycles. The predicted molar refractivity (Wildman–Crippen MR) is 133 cm³/mol. The molecule has 33 heavy (non-hydrogen) atoms. The number of ether oxygens (including phenoxy) is 2. The van der Waals surface area contributed by atoms with Crippen molar-refractivity contribution in [3.05, 3.63) is 45.7 Å². The van der Waals surface area contributed by atoms with Crippen LogP contribution in [0.4, 0.5) is 0 Å². The summed E-state index contributed by atoms with van der Waals surface area (Å²) in [4.78, 5) is 16.9. The lowest BCUT2D eigenvalue weighted by Gasteiger charge is -2.20. The molecule has 0 bridgehead atoms. The summed E-state index contributed by atoms with van der Waals surface area (Å²) >= 11 is 7.72. The lowest BCUT2D eigenvalue weighted by atomic mass is 10.1. The fourth-order valence-corrected chi connectivity index (χ4v) is 4.85. The van der Waals surface area contributed by atoms with Crippen LogP contribution in [-0.2, 0) is 4.79 Å². The summed E-state index contributed by atoms with van der Waals surface area (Å²) in [6.07, 6.45) is 1.69. The molecule has 0 radical (unpaired) electrons. The molecule has 0 unspecified atom stereocenters. The highest BCUT2D eigenvalue weighted by atomic mass is 35.5. The summed E-state index contributed by atoms with van der Waals surface area (Å²) in [5, 5.41) is 16.2. The van der Waals surface area contributed by atoms with Crippen LogP contribution in [-0.4, -0.2) is 45.7 Å². The van der Waals surface area contributed by atoms with Crippen LogP contribution in [0.2, 0.25) is 5.02 Å². The maximum atomic E-state index is 12.8. The van der Waals surface area contributed by atoms with Crippen LogP contribution < -0.4 is 9.47 Å². The fourth-order valence-electron chi connectivity index (χ4n) is 3.72. The van der Waals surface area contributed by atoms with Gasteiger partial charge in [0.25, 0.3) is 5.91 Å². The lowest BCUT2D eigenvalue weighted by molar-refractivity contribution is -0.114. The summed E-state index contributed by atoms with van der Waals surface area (Å²) in [5.74, 6) is 0.861. The van der Waals surface area contributed by atoms with Gasteiger partial charge >= 0.3 is 0 Å². The van der Waals surface area contributed by atoms with Crippen molar-refractivity contribution in [3.63, 3.8) is 0 Å². The highest BCUT2D eigenvalue weighted by Gasteiger charge is 2.36. The van der Waals surface area contributed by atoms with Crippen molar-refractivity contribution in [2.45, 2.75) is 27.7 Å². The van der Waals surface area contributed by atoms with E-state index in [1.54, 1.807) is 32.4 Å². The highest BCUT2D eigenvalue weighted by Crippen LogP contribution is 2.37. The van der Waals surface area contributed by atoms with E-state index in [4.69, 9.17) is 26.5 Å². The molecule has 0 fully saturated rings. The van der Waals surface area contributed by atoms with E-state index in [2.05, 4.69) is 10.1 Å². The Balaban J connectivity index is 1.78. The van der Waals surface area contributed by atoms with Gasteiger partial charge in [0.15, 0.2) is 5.84 Å². The second kappa shape index (κ2) is 8.72. The number of amides is 1. The zero-order chi connectivity index (χ0) is 24.0. The third-order valence-corrected chi connectivity index (χ3v) is 6.93. The number of rotatable bonds is 5. The number of nitrogens with one attached hydrogen (secondary N) is 1. The van der Waals surface area contributed by atoms with E-state index in [0.717, 1.165) is 27.7 Å². The van der Waals surface area contributed by atoms with Crippen molar-refractivity contribution in [1.82, 2.24) is 9.58 Å². The van der Waals surface area contributed by atoms with Crippen LogP contribution in [0.5, 0.6) is 11.5 Å². The molecule has 2 aromatic rings. The molecular weight excluding hydrogens is 462 g/mol. The van der Waals surface area contributed by atoms with Crippen LogP contribution >= 0.6 is 23.4 Å². The number of benzene rings is 1. The molecule has 0 aliphatic carbocycles. The number of fused-ring (bicyclic) bond motifs is 1. The Morgan fingerprint density at radius 3 is 2.48 bits per heavy atom. The molecule has 10 heteroatoms. The van der Waals surface area contributed by atoms with Gasteiger partial charge in [0, 0.05) is 23.4 Å². The third kappa shape index (κ3) is 3.95. The number of carbonyl (C=O) groups is 1. The van der Waals surface area contributed by atoms with Gasteiger partial charge in [0.05, 0.1) is 30.5 Å². The molecule has 1 N–H and O–H groups in total. The summed E-state index contributed by atoms with van der Waals surface area (Å²) < 4.78 is 12.9. The average Bonchev–Trinajstić information content (AvgIpc) is 3.31. The van der Waals surface area contributed by atoms with Gasteiger partial charge in [0.2, 0.25) is 5.17 Å². The van der Waals surface area contributed by atoms with Gasteiger partial charge in [-0.3, -0.25) is 10.2 Å². The van der Waals surface area contributed by atoms with E-state index in [-0.39, 0.29) is 17.3 Å². The molecule has 0 saturated carbocycles. The molecular formula is C23H24ClN5O3S. The van der Waals surface area contributed by atoms with Crippen molar-refractivity contribution in [2.75, 3.05) is 14.2 Å². The van der Waals surface area contributed by atoms with E-state index >= 15 is 0 Å². The normalized spacial score (nSPS) is 17.0. The number of carbonyl (C=O) groups excluding carboxylic acids is 1. The van der Waals surface area contributed by atoms with Gasteiger partial charge in [-0.15, -0.1) is 0 Å². The molecule has 1 aromatic heterocycles. The summed E-state index contributed by atoms with van der Waals surface area (Å²) in [6.45, 7) is 7.92. The Hall–Kier alpha value is -3.04. The molecule has 3 heterocycles. The van der Waals surface area contributed by atoms with Gasteiger partial charge < -0.3 is 14.0 Å². The second-order valence-electron chi connectivity index (χ2n) is 7.93. The molecule has 4 rings (SSSR count). The number of halogens is 1. The minimum atomic E-state index is -0.450. The average molecular weight is 486 g/mol. The van der Waals surface area contributed by atoms with Gasteiger partial charge in [-0.1, -0.05) is 25.4 Å². The van der Waals surface area contributed by atoms with Crippen LogP contribution in [0, 0.1) is 25.2 Å². The molecule has 0 atom stereocenters. The van der Waals surface area contributed by atoms with Gasteiger partial charge in [0.1, 0.15) is 16.5 Å². The minimum Gasteiger partial charge on any atom is -0.495 e. The van der Waals surface area contributed by atoms with E-state index < -0.39 is 5.91 Å². The molecule has 0 spiro atoms. The number of nitrogens with zero attached hydrogens (tertiary/aromatic N) is 4. The molecule has 172 valence electrons. The molecule has 0 saturated heterocycles. The quantitative estimate of drug-likeness (QED) is 0.599. The monoisotopic (exact) mass is 485 g/mol. The summed E-state index contributed by atoms with van der Waals surface area (Å²) in [5.41, 5.74) is 3.49. The number of aryl methyl sites for hydroxylation is 1. The number of amidine groups is 2. The van der Waals surface area contributed by atoms with Gasteiger partial charge in [-0.25, -0.2) is 0 Å². The van der Waals surface area contributed by atoms with Crippen LogP contribution in [0.1, 0.15) is 30.8 Å². The Morgan fingerprint density at radius 2 is 1.85 bits per heavy atom. The lowest BCUT2D eigenvalue weighted by Crippen LogP contribution is -2.35. The summed E-state index contributed by atoms with van der Waals surface area (Å²) in [6, 6.07) is 5.46. The molecule has 8 nitrogen and oxygen atoms in total. The number of aromatic nitrogens is 1. The first-order valence-corrected chi connectivity index (χ1v) is 11.5. The number of hydrogen-bond donors (Lipinski definition) is 1. The van der Waals surface area contributed by atoms with E-state index in [9.17, 15) is 4.79 Å². The first kappa shape index (κ1) is 23.1. The van der Waals surface area contributed by atoms with Crippen LogP contribution in [0.25, 0.3) is 11.8 Å². The number of aliphatic imine (C=N–C) groups is 1. The maximum Gasteiger partial charge on any atom is 0.283 e. The zero-order valence-electron chi connectivity index (χ0n) is 19.2. The minimum absolute atomic E-state index is 0.0167. The Kier molecular flexibility index (Phi) is 6.11. The van der Waals surface area contributed by atoms with Crippen molar-refractivity contribution < 1.29 is 14.3 Å². The Bertz CT molecular complexity index is 1280. The smallest absolute Gasteiger partial charge is 0.283 e. The Morgan fingerprint density at radius 1 is 1.15 bits per heavy atom. The molecule has 2 aliphatic rings. The van der Waals surface area contributed by atoms with Crippen molar-refractivity contribution in [1.29, 1.82) is 5.41 Å². The third-order valence-electron chi connectivity index (χ3n) is 5.43.